The van der Waals surface area contributed by atoms with E-state index in [1.165, 1.54) is 69.0 Å². The van der Waals surface area contributed by atoms with E-state index in [4.69, 9.17) is 28.4 Å². The SMILES string of the molecule is C=C(C)C(C)C(C)c1cc(=O)c(OC)c(C(=O)OC)[nH]1.C=C(C)C(C)C(C)c1cc(C)c(OC)c(C(=O)OC)n1.C=C(C)C(C)C(O)c1cc(C)c(OC)c(C(=O)OC)n1.COC(=O)c1nc(C=O)cc(C)c1OC.[InH3]. The van der Waals surface area contributed by atoms with Crippen LogP contribution in [0.25, 0.3) is 0 Å². The first-order valence-electron chi connectivity index (χ1n) is 23.5. The molecule has 20 heteroatoms. The molecule has 0 saturated carbocycles. The summed E-state index contributed by atoms with van der Waals surface area (Å²) in [6.45, 7) is 32.9. The van der Waals surface area contributed by atoms with Gasteiger partial charge in [0, 0.05) is 35.2 Å². The summed E-state index contributed by atoms with van der Waals surface area (Å²) in [5.74, 6) is -0.741. The van der Waals surface area contributed by atoms with Gasteiger partial charge in [-0.2, -0.15) is 0 Å². The van der Waals surface area contributed by atoms with E-state index in [2.05, 4.69) is 63.0 Å². The molecule has 4 heterocycles. The van der Waals surface area contributed by atoms with Crippen molar-refractivity contribution >= 4 is 56.0 Å². The molecule has 4 rings (SSSR count). The van der Waals surface area contributed by atoms with Gasteiger partial charge in [0.15, 0.2) is 52.1 Å². The molecule has 0 fully saturated rings. The predicted octanol–water partition coefficient (Wildman–Crippen LogP) is 8.23. The van der Waals surface area contributed by atoms with Crippen LogP contribution in [0.4, 0.5) is 0 Å². The van der Waals surface area contributed by atoms with Gasteiger partial charge in [-0.3, -0.25) is 9.59 Å². The van der Waals surface area contributed by atoms with E-state index in [9.17, 15) is 33.9 Å². The van der Waals surface area contributed by atoms with Crippen LogP contribution >= 0.6 is 0 Å². The minimum atomic E-state index is -0.833. The van der Waals surface area contributed by atoms with Gasteiger partial charge in [-0.15, -0.1) is 0 Å². The number of pyridine rings is 4. The van der Waals surface area contributed by atoms with Crippen molar-refractivity contribution in [3.63, 3.8) is 0 Å². The molecule has 76 heavy (non-hydrogen) atoms. The van der Waals surface area contributed by atoms with Gasteiger partial charge in [0.2, 0.25) is 5.43 Å². The summed E-state index contributed by atoms with van der Waals surface area (Å²) >= 11 is 0. The van der Waals surface area contributed by atoms with Crippen LogP contribution < -0.4 is 24.4 Å². The zero-order valence-corrected chi connectivity index (χ0v) is 47.0. The van der Waals surface area contributed by atoms with Crippen molar-refractivity contribution in [2.24, 2.45) is 17.8 Å². The summed E-state index contributed by atoms with van der Waals surface area (Å²) in [7, 11) is 10.9. The number of allylic oxidation sites excluding steroid dienone is 2. The Kier molecular flexibility index (Phi) is 29.7. The van der Waals surface area contributed by atoms with Crippen molar-refractivity contribution in [1.29, 1.82) is 0 Å². The third-order valence-corrected chi connectivity index (χ3v) is 12.6. The summed E-state index contributed by atoms with van der Waals surface area (Å²) in [6, 6.07) is 6.65. The minimum absolute atomic E-state index is 0. The Bertz CT molecular complexity index is 2680. The van der Waals surface area contributed by atoms with Crippen LogP contribution in [0, 0.1) is 38.5 Å². The van der Waals surface area contributed by atoms with Crippen LogP contribution in [0.15, 0.2) is 65.5 Å². The van der Waals surface area contributed by atoms with E-state index in [0.29, 0.717) is 46.0 Å². The van der Waals surface area contributed by atoms with E-state index < -0.39 is 30.0 Å². The van der Waals surface area contributed by atoms with Crippen LogP contribution in [0.3, 0.4) is 0 Å². The number of hydrogen-bond acceptors (Lipinski definition) is 18. The first kappa shape index (κ1) is 69.2. The number of H-pyrrole nitrogens is 1. The van der Waals surface area contributed by atoms with E-state index in [1.807, 2.05) is 54.5 Å². The summed E-state index contributed by atoms with van der Waals surface area (Å²) in [5, 5.41) is 10.3. The third-order valence-electron chi connectivity index (χ3n) is 12.6. The fourth-order valence-electron chi connectivity index (χ4n) is 7.15. The van der Waals surface area contributed by atoms with Crippen LogP contribution in [-0.2, 0) is 18.9 Å². The van der Waals surface area contributed by atoms with Crippen molar-refractivity contribution in [2.75, 3.05) is 56.9 Å². The summed E-state index contributed by atoms with van der Waals surface area (Å²) in [4.78, 5) is 84.7. The molecule has 0 aliphatic carbocycles. The molecule has 0 aliphatic rings. The standard InChI is InChI=1S/C16H23NO3.2C15H21NO4.C10H11NO4.In.3H/c1-9(2)11(4)12(5)13-8-10(3)15(19-6)14(17-13)16(18)20-7;1-8(2)9(3)10(4)11-7-12(17)14(19-5)13(16-11)15(18)20-6;1-8(2)10(4)13(17)11-7-9(3)14(19-5)12(16-11)15(18)20-6;1-6-4-7(5-12)11-8(9(6)14-2)10(13)15-3;;;;/h8,11-12H,1H2,2-7H3;7,9-10H,1H2,2-6H3,(H,16,17);7,10,13,17H,1H2,2-6H3;4-5H,1-3H3;;;;. The number of carbonyl (C=O) groups excluding carboxylic acids is 5. The molecule has 4 aromatic heterocycles. The van der Waals surface area contributed by atoms with E-state index in [-0.39, 0.29) is 95.1 Å². The average Bonchev–Trinajstić information content (AvgIpc) is 3.39. The topological polar surface area (TPSA) is 251 Å². The van der Waals surface area contributed by atoms with Crippen molar-refractivity contribution in [3.05, 3.63) is 133 Å². The fourth-order valence-corrected chi connectivity index (χ4v) is 7.15. The number of esters is 4. The van der Waals surface area contributed by atoms with Crippen LogP contribution in [0.2, 0.25) is 0 Å². The second-order valence-electron chi connectivity index (χ2n) is 17.7. The molecular weight excluding hydrogens is 1080 g/mol. The second-order valence-corrected chi connectivity index (χ2v) is 17.7. The molecular formula is C56H79InN4O15. The number of ether oxygens (including phenoxy) is 8. The average molecular weight is 1160 g/mol. The molecule has 19 nitrogen and oxygen atoms in total. The van der Waals surface area contributed by atoms with Crippen LogP contribution in [-0.4, -0.2) is 138 Å². The van der Waals surface area contributed by atoms with Gasteiger partial charge in [-0.1, -0.05) is 71.1 Å². The second kappa shape index (κ2) is 32.6. The van der Waals surface area contributed by atoms with Gasteiger partial charge in [-0.25, -0.2) is 34.1 Å². The Balaban J connectivity index is 0.000000988. The number of aryl methyl sites for hydroxylation is 3. The van der Waals surface area contributed by atoms with Gasteiger partial charge in [0.25, 0.3) is 0 Å². The zero-order valence-electron chi connectivity index (χ0n) is 47.0. The van der Waals surface area contributed by atoms with Crippen molar-refractivity contribution in [3.8, 4) is 23.0 Å². The van der Waals surface area contributed by atoms with E-state index in [1.54, 1.807) is 19.9 Å². The summed E-state index contributed by atoms with van der Waals surface area (Å²) < 4.78 is 39.1. The maximum absolute atomic E-state index is 12.0. The molecule has 0 amide bonds. The van der Waals surface area contributed by atoms with Crippen molar-refractivity contribution in [1.82, 2.24) is 19.9 Å². The van der Waals surface area contributed by atoms with Crippen LogP contribution in [0.1, 0.15) is 160 Å². The van der Waals surface area contributed by atoms with Crippen LogP contribution in [0.5, 0.6) is 23.0 Å². The maximum atomic E-state index is 12.0. The van der Waals surface area contributed by atoms with Gasteiger partial charge >= 0.3 is 49.7 Å². The van der Waals surface area contributed by atoms with Gasteiger partial charge in [0.1, 0.15) is 11.8 Å². The normalized spacial score (nSPS) is 12.5. The fraction of sp³-hybridized carbons (Fsp3) is 0.446. The number of aliphatic hydroxyl groups excluding tert-OH is 1. The molecule has 4 aromatic rings. The third kappa shape index (κ3) is 18.2. The predicted molar refractivity (Wildman–Crippen MR) is 295 cm³/mol. The monoisotopic (exact) mass is 1160 g/mol. The number of aromatic nitrogens is 4. The molecule has 0 radical (unpaired) electrons. The Morgan fingerprint density at radius 1 is 0.539 bits per heavy atom. The van der Waals surface area contributed by atoms with Gasteiger partial charge in [0.05, 0.1) is 62.6 Å². The molecule has 0 bridgehead atoms. The number of nitrogens with one attached hydrogen (secondary N) is 1. The number of hydrogen-bond donors (Lipinski definition) is 2. The van der Waals surface area contributed by atoms with Crippen molar-refractivity contribution < 1.29 is 67.0 Å². The Hall–Kier alpha value is -6.80. The number of aldehydes is 1. The summed E-state index contributed by atoms with van der Waals surface area (Å²) in [5.41, 5.74) is 7.28. The molecule has 0 spiro atoms. The number of aliphatic hydroxyl groups is 1. The first-order valence-corrected chi connectivity index (χ1v) is 23.5. The molecule has 6 atom stereocenters. The number of rotatable bonds is 18. The van der Waals surface area contributed by atoms with Crippen molar-refractivity contribution in [2.45, 2.75) is 94.1 Å². The Morgan fingerprint density at radius 3 is 1.26 bits per heavy atom. The number of carbonyl (C=O) groups is 5. The number of nitrogens with zero attached hydrogens (tertiary/aromatic N) is 3. The Morgan fingerprint density at radius 2 is 0.895 bits per heavy atom. The Labute approximate surface area is 465 Å². The first-order chi connectivity index (χ1) is 35.1. The molecule has 416 valence electrons. The molecule has 0 aliphatic heterocycles. The van der Waals surface area contributed by atoms with E-state index >= 15 is 0 Å². The van der Waals surface area contributed by atoms with Gasteiger partial charge < -0.3 is 48.0 Å². The molecule has 0 saturated heterocycles. The quantitative estimate of drug-likeness (QED) is 0.0412. The number of methoxy groups -OCH3 is 8. The van der Waals surface area contributed by atoms with E-state index in [0.717, 1.165) is 28.0 Å². The zero-order chi connectivity index (χ0) is 57.8. The summed E-state index contributed by atoms with van der Waals surface area (Å²) in [6.07, 6.45) is -0.265. The molecule has 0 aromatic carbocycles. The molecule has 2 N–H and O–H groups in total. The number of aromatic amines is 1. The van der Waals surface area contributed by atoms with Gasteiger partial charge in [-0.05, 0) is 88.3 Å². The molecule has 6 unspecified atom stereocenters.